The Balaban J connectivity index is 1.46. The molecule has 1 amide bonds. The number of fused-ring (bicyclic) bond motifs is 3. The number of hydrogen-bond donors (Lipinski definition) is 1. The number of para-hydroxylation sites is 1. The van der Waals surface area contributed by atoms with Crippen molar-refractivity contribution in [1.82, 2.24) is 30.3 Å². The van der Waals surface area contributed by atoms with Crippen LogP contribution in [0, 0.1) is 5.82 Å². The highest BCUT2D eigenvalue weighted by molar-refractivity contribution is 7.99. The number of tetrazole rings is 1. The molecule has 4 rings (SSSR count). The lowest BCUT2D eigenvalue weighted by Gasteiger charge is -2.07. The van der Waals surface area contributed by atoms with Crippen molar-refractivity contribution < 1.29 is 9.18 Å². The van der Waals surface area contributed by atoms with Crippen molar-refractivity contribution in [3.8, 4) is 0 Å². The van der Waals surface area contributed by atoms with Gasteiger partial charge in [0.25, 0.3) is 0 Å². The van der Waals surface area contributed by atoms with Gasteiger partial charge in [-0.3, -0.25) is 4.79 Å². The van der Waals surface area contributed by atoms with Crippen molar-refractivity contribution in [2.24, 2.45) is 0 Å². The normalized spacial score (nSPS) is 11.1. The van der Waals surface area contributed by atoms with Crippen LogP contribution in [0.15, 0.2) is 53.7 Å². The van der Waals surface area contributed by atoms with Gasteiger partial charge < -0.3 is 5.32 Å². The van der Waals surface area contributed by atoms with E-state index in [0.29, 0.717) is 17.3 Å². The molecule has 0 aliphatic rings. The zero-order chi connectivity index (χ0) is 17.9. The minimum absolute atomic E-state index is 0.157. The number of carbonyl (C=O) groups excluding carboxylic acids is 1. The Morgan fingerprint density at radius 3 is 2.81 bits per heavy atom. The second kappa shape index (κ2) is 7.04. The van der Waals surface area contributed by atoms with Gasteiger partial charge in [-0.05, 0) is 40.3 Å². The lowest BCUT2D eigenvalue weighted by molar-refractivity contribution is -0.118. The Morgan fingerprint density at radius 1 is 1.15 bits per heavy atom. The number of hydrogen-bond acceptors (Lipinski definition) is 6. The van der Waals surface area contributed by atoms with Gasteiger partial charge in [0.2, 0.25) is 5.91 Å². The molecule has 0 saturated carbocycles. The highest BCUT2D eigenvalue weighted by Crippen LogP contribution is 2.22. The molecular formula is C17H13FN6OS. The maximum absolute atomic E-state index is 12.9. The minimum Gasteiger partial charge on any atom is -0.351 e. The molecule has 7 nitrogen and oxygen atoms in total. The number of nitrogens with zero attached hydrogens (tertiary/aromatic N) is 5. The first-order valence-corrected chi connectivity index (χ1v) is 8.80. The third-order valence-corrected chi connectivity index (χ3v) is 4.68. The Kier molecular flexibility index (Phi) is 4.44. The van der Waals surface area contributed by atoms with Crippen molar-refractivity contribution in [2.75, 3.05) is 5.75 Å². The summed E-state index contributed by atoms with van der Waals surface area (Å²) in [5, 5.41) is 15.9. The first kappa shape index (κ1) is 16.4. The molecule has 2 aromatic heterocycles. The molecule has 0 atom stereocenters. The van der Waals surface area contributed by atoms with Gasteiger partial charge in [-0.1, -0.05) is 36.0 Å². The molecule has 0 radical (unpaired) electrons. The van der Waals surface area contributed by atoms with Gasteiger partial charge in [0.05, 0.1) is 11.3 Å². The molecule has 1 N–H and O–H groups in total. The number of rotatable bonds is 5. The molecular weight excluding hydrogens is 355 g/mol. The van der Waals surface area contributed by atoms with Crippen LogP contribution in [0.25, 0.3) is 16.6 Å². The van der Waals surface area contributed by atoms with Gasteiger partial charge >= 0.3 is 0 Å². The molecule has 2 aromatic carbocycles. The number of aromatic nitrogens is 5. The summed E-state index contributed by atoms with van der Waals surface area (Å²) in [6.07, 6.45) is 0. The van der Waals surface area contributed by atoms with Crippen molar-refractivity contribution >= 4 is 34.2 Å². The number of halogens is 1. The molecule has 0 aliphatic carbocycles. The van der Waals surface area contributed by atoms with Crippen LogP contribution in [0.1, 0.15) is 5.56 Å². The monoisotopic (exact) mass is 368 g/mol. The number of benzene rings is 2. The van der Waals surface area contributed by atoms with E-state index in [4.69, 9.17) is 0 Å². The summed E-state index contributed by atoms with van der Waals surface area (Å²) in [6.45, 7) is 0.338. The summed E-state index contributed by atoms with van der Waals surface area (Å²) in [4.78, 5) is 16.6. The topological polar surface area (TPSA) is 85.1 Å². The number of thioether (sulfide) groups is 1. The molecule has 2 heterocycles. The van der Waals surface area contributed by atoms with Crippen molar-refractivity contribution in [3.63, 3.8) is 0 Å². The molecule has 0 bridgehead atoms. The predicted molar refractivity (Wildman–Crippen MR) is 95.1 cm³/mol. The third kappa shape index (κ3) is 3.33. The van der Waals surface area contributed by atoms with E-state index in [0.717, 1.165) is 16.5 Å². The van der Waals surface area contributed by atoms with Gasteiger partial charge in [-0.15, -0.1) is 5.10 Å². The van der Waals surface area contributed by atoms with Crippen LogP contribution in [0.2, 0.25) is 0 Å². The zero-order valence-corrected chi connectivity index (χ0v) is 14.3. The van der Waals surface area contributed by atoms with Gasteiger partial charge in [0, 0.05) is 11.9 Å². The van der Waals surface area contributed by atoms with E-state index in [1.807, 2.05) is 24.3 Å². The van der Waals surface area contributed by atoms with Crippen LogP contribution in [-0.2, 0) is 11.3 Å². The second-order valence-electron chi connectivity index (χ2n) is 5.52. The van der Waals surface area contributed by atoms with Gasteiger partial charge in [0.1, 0.15) is 5.82 Å². The molecule has 0 saturated heterocycles. The number of nitrogens with one attached hydrogen (secondary N) is 1. The van der Waals surface area contributed by atoms with Crippen LogP contribution < -0.4 is 5.32 Å². The second-order valence-corrected chi connectivity index (χ2v) is 6.46. The fourth-order valence-corrected chi connectivity index (χ4v) is 3.24. The Hall–Kier alpha value is -3.07. The van der Waals surface area contributed by atoms with E-state index in [2.05, 4.69) is 25.8 Å². The van der Waals surface area contributed by atoms with Crippen LogP contribution in [0.3, 0.4) is 0 Å². The quantitative estimate of drug-likeness (QED) is 0.429. The summed E-state index contributed by atoms with van der Waals surface area (Å²) >= 11 is 1.25. The summed E-state index contributed by atoms with van der Waals surface area (Å²) in [6, 6.07) is 13.6. The van der Waals surface area contributed by atoms with E-state index in [9.17, 15) is 9.18 Å². The summed E-state index contributed by atoms with van der Waals surface area (Å²) in [5.74, 6) is -0.291. The minimum atomic E-state index is -0.302. The standard InChI is InChI=1S/C17H13FN6OS/c18-12-7-5-11(6-8-12)9-19-15(25)10-26-17-20-14-4-2-1-3-13(14)16-21-22-23-24(16)17/h1-8H,9-10H2,(H,19,25). The highest BCUT2D eigenvalue weighted by Gasteiger charge is 2.13. The van der Waals surface area contributed by atoms with E-state index in [1.165, 1.54) is 28.4 Å². The SMILES string of the molecule is O=C(CSc1nc2ccccc2c2nnnn12)NCc1ccc(F)cc1. The molecule has 0 aliphatic heterocycles. The van der Waals surface area contributed by atoms with Crippen LogP contribution >= 0.6 is 11.8 Å². The molecule has 9 heteroatoms. The fourth-order valence-electron chi connectivity index (χ4n) is 2.47. The van der Waals surface area contributed by atoms with Crippen molar-refractivity contribution in [1.29, 1.82) is 0 Å². The van der Waals surface area contributed by atoms with Crippen molar-refractivity contribution in [2.45, 2.75) is 11.7 Å². The van der Waals surface area contributed by atoms with Crippen LogP contribution in [-0.4, -0.2) is 36.7 Å². The van der Waals surface area contributed by atoms with E-state index in [1.54, 1.807) is 12.1 Å². The van der Waals surface area contributed by atoms with Crippen molar-refractivity contribution in [3.05, 3.63) is 59.9 Å². The third-order valence-electron chi connectivity index (χ3n) is 3.75. The molecule has 130 valence electrons. The zero-order valence-electron chi connectivity index (χ0n) is 13.5. The molecule has 0 spiro atoms. The van der Waals surface area contributed by atoms with E-state index >= 15 is 0 Å². The number of carbonyl (C=O) groups is 1. The van der Waals surface area contributed by atoms with Gasteiger partial charge in [0.15, 0.2) is 10.8 Å². The van der Waals surface area contributed by atoms with Gasteiger partial charge in [-0.2, -0.15) is 4.52 Å². The summed E-state index contributed by atoms with van der Waals surface area (Å²) < 4.78 is 14.4. The molecule has 26 heavy (non-hydrogen) atoms. The Bertz CT molecular complexity index is 1080. The largest absolute Gasteiger partial charge is 0.351 e. The summed E-state index contributed by atoms with van der Waals surface area (Å²) in [7, 11) is 0. The van der Waals surface area contributed by atoms with Crippen LogP contribution in [0.5, 0.6) is 0 Å². The van der Waals surface area contributed by atoms with Gasteiger partial charge in [-0.25, -0.2) is 9.37 Å². The maximum Gasteiger partial charge on any atom is 0.230 e. The first-order chi connectivity index (χ1) is 12.7. The molecule has 4 aromatic rings. The Morgan fingerprint density at radius 2 is 1.96 bits per heavy atom. The molecule has 0 fully saturated rings. The smallest absolute Gasteiger partial charge is 0.230 e. The fraction of sp³-hybridized carbons (Fsp3) is 0.118. The number of amides is 1. The lowest BCUT2D eigenvalue weighted by Crippen LogP contribution is -2.24. The average molecular weight is 368 g/mol. The molecule has 0 unspecified atom stereocenters. The summed E-state index contributed by atoms with van der Waals surface area (Å²) in [5.41, 5.74) is 2.20. The maximum atomic E-state index is 12.9. The average Bonchev–Trinajstić information content (AvgIpc) is 3.16. The highest BCUT2D eigenvalue weighted by atomic mass is 32.2. The van der Waals surface area contributed by atoms with Crippen LogP contribution in [0.4, 0.5) is 4.39 Å². The Labute approximate surface area is 151 Å². The van der Waals surface area contributed by atoms with E-state index < -0.39 is 0 Å². The lowest BCUT2D eigenvalue weighted by atomic mass is 10.2. The first-order valence-electron chi connectivity index (χ1n) is 7.81. The predicted octanol–water partition coefficient (Wildman–Crippen LogP) is 2.22. The van der Waals surface area contributed by atoms with E-state index in [-0.39, 0.29) is 17.5 Å².